The van der Waals surface area contributed by atoms with Gasteiger partial charge in [-0.1, -0.05) is 33.1 Å². The van der Waals surface area contributed by atoms with E-state index in [0.29, 0.717) is 23.0 Å². The first kappa shape index (κ1) is 15.3. The molecule has 0 saturated carbocycles. The number of nitrogens with two attached hydrogens (primary N) is 2. The van der Waals surface area contributed by atoms with E-state index in [1.807, 2.05) is 0 Å². The molecule has 1 rings (SSSR count). The van der Waals surface area contributed by atoms with Gasteiger partial charge in [-0.05, 0) is 18.4 Å². The third kappa shape index (κ3) is 4.77. The fourth-order valence-corrected chi connectivity index (χ4v) is 1.99. The van der Waals surface area contributed by atoms with Crippen LogP contribution in [-0.4, -0.2) is 17.4 Å². The van der Waals surface area contributed by atoms with Crippen molar-refractivity contribution in [3.8, 4) is 0 Å². The summed E-state index contributed by atoms with van der Waals surface area (Å²) < 4.78 is 0. The van der Waals surface area contributed by atoms with Gasteiger partial charge in [-0.3, -0.25) is 4.79 Å². The van der Waals surface area contributed by atoms with Crippen LogP contribution in [0.4, 0.5) is 11.5 Å². The Kier molecular flexibility index (Phi) is 6.12. The molecular weight excluding hydrogens is 240 g/mol. The van der Waals surface area contributed by atoms with E-state index >= 15 is 0 Å². The Morgan fingerprint density at radius 3 is 2.79 bits per heavy atom. The van der Waals surface area contributed by atoms with Crippen LogP contribution >= 0.6 is 0 Å². The Bertz CT molecular complexity index is 420. The van der Waals surface area contributed by atoms with E-state index in [1.165, 1.54) is 25.5 Å². The van der Waals surface area contributed by atoms with E-state index in [2.05, 4.69) is 24.1 Å². The number of carbonyl (C=O) groups is 1. The number of amides is 1. The first-order valence-corrected chi connectivity index (χ1v) is 6.87. The smallest absolute Gasteiger partial charge is 0.252 e. The van der Waals surface area contributed by atoms with Gasteiger partial charge < -0.3 is 16.8 Å². The first-order valence-electron chi connectivity index (χ1n) is 6.87. The van der Waals surface area contributed by atoms with Gasteiger partial charge in [-0.15, -0.1) is 0 Å². The van der Waals surface area contributed by atoms with Crippen LogP contribution < -0.4 is 16.8 Å². The van der Waals surface area contributed by atoms with Crippen LogP contribution in [0.5, 0.6) is 0 Å². The molecule has 1 aromatic rings. The summed E-state index contributed by atoms with van der Waals surface area (Å²) in [5, 5.41) is 3.21. The van der Waals surface area contributed by atoms with E-state index in [9.17, 15) is 4.79 Å². The minimum atomic E-state index is -0.510. The molecule has 0 aliphatic rings. The Balaban J connectivity index is 2.68. The summed E-state index contributed by atoms with van der Waals surface area (Å²) in [4.78, 5) is 15.5. The van der Waals surface area contributed by atoms with E-state index in [0.717, 1.165) is 13.0 Å². The van der Waals surface area contributed by atoms with Crippen LogP contribution in [0.1, 0.15) is 49.9 Å². The van der Waals surface area contributed by atoms with Crippen LogP contribution in [0.2, 0.25) is 0 Å². The second-order valence-corrected chi connectivity index (χ2v) is 4.83. The molecule has 5 heteroatoms. The van der Waals surface area contributed by atoms with E-state index in [-0.39, 0.29) is 0 Å². The number of carbonyl (C=O) groups excluding carboxylic acids is 1. The molecule has 0 aliphatic heterocycles. The van der Waals surface area contributed by atoms with Crippen LogP contribution in [0.15, 0.2) is 12.3 Å². The van der Waals surface area contributed by atoms with Gasteiger partial charge in [0, 0.05) is 6.54 Å². The highest BCUT2D eigenvalue weighted by Gasteiger charge is 2.12. The average Bonchev–Trinajstić information content (AvgIpc) is 2.40. The average molecular weight is 264 g/mol. The molecule has 0 fully saturated rings. The normalized spacial score (nSPS) is 12.1. The lowest BCUT2D eigenvalue weighted by molar-refractivity contribution is 0.100. The largest absolute Gasteiger partial charge is 0.397 e. The summed E-state index contributed by atoms with van der Waals surface area (Å²) >= 11 is 0. The molecule has 0 bridgehead atoms. The molecule has 1 unspecified atom stereocenters. The number of hydrogen-bond acceptors (Lipinski definition) is 4. The van der Waals surface area contributed by atoms with Gasteiger partial charge in [0.15, 0.2) is 0 Å². The Morgan fingerprint density at radius 2 is 2.21 bits per heavy atom. The van der Waals surface area contributed by atoms with Gasteiger partial charge in [0.2, 0.25) is 0 Å². The van der Waals surface area contributed by atoms with E-state index in [4.69, 9.17) is 11.5 Å². The number of pyridine rings is 1. The lowest BCUT2D eigenvalue weighted by Gasteiger charge is -2.16. The lowest BCUT2D eigenvalue weighted by Crippen LogP contribution is -2.19. The van der Waals surface area contributed by atoms with Gasteiger partial charge in [0.25, 0.3) is 5.91 Å². The number of nitrogens with zero attached hydrogens (tertiary/aromatic N) is 1. The zero-order valence-electron chi connectivity index (χ0n) is 11.8. The van der Waals surface area contributed by atoms with Crippen LogP contribution in [0, 0.1) is 5.92 Å². The maximum Gasteiger partial charge on any atom is 0.252 e. The monoisotopic (exact) mass is 264 g/mol. The van der Waals surface area contributed by atoms with Crippen molar-refractivity contribution in [3.63, 3.8) is 0 Å². The Labute approximate surface area is 114 Å². The Hall–Kier alpha value is -1.78. The number of anilines is 2. The molecule has 1 heterocycles. The quantitative estimate of drug-likeness (QED) is 0.672. The molecule has 5 N–H and O–H groups in total. The minimum Gasteiger partial charge on any atom is -0.397 e. The van der Waals surface area contributed by atoms with Crippen LogP contribution in [0.25, 0.3) is 0 Å². The van der Waals surface area contributed by atoms with Crippen molar-refractivity contribution in [1.82, 2.24) is 4.98 Å². The molecule has 1 aromatic heterocycles. The highest BCUT2D eigenvalue weighted by atomic mass is 16.1. The summed E-state index contributed by atoms with van der Waals surface area (Å²) in [6, 6.07) is 1.56. The van der Waals surface area contributed by atoms with Gasteiger partial charge in [0.1, 0.15) is 5.82 Å². The first-order chi connectivity index (χ1) is 9.08. The highest BCUT2D eigenvalue weighted by Crippen LogP contribution is 2.18. The maximum absolute atomic E-state index is 11.3. The fraction of sp³-hybridized carbons (Fsp3) is 0.571. The SMILES string of the molecule is CCCCC(CC)CNc1ncc(N)cc1C(N)=O. The highest BCUT2D eigenvalue weighted by molar-refractivity contribution is 5.98. The molecule has 0 aromatic carbocycles. The molecule has 19 heavy (non-hydrogen) atoms. The third-order valence-corrected chi connectivity index (χ3v) is 3.28. The fourth-order valence-electron chi connectivity index (χ4n) is 1.99. The van der Waals surface area contributed by atoms with Gasteiger partial charge in [-0.25, -0.2) is 4.98 Å². The number of unbranched alkanes of at least 4 members (excludes halogenated alkanes) is 1. The second kappa shape index (κ2) is 7.61. The molecule has 1 atom stereocenters. The van der Waals surface area contributed by atoms with Gasteiger partial charge in [0.05, 0.1) is 17.4 Å². The van der Waals surface area contributed by atoms with E-state index < -0.39 is 5.91 Å². The van der Waals surface area contributed by atoms with Crippen molar-refractivity contribution >= 4 is 17.4 Å². The van der Waals surface area contributed by atoms with Crippen molar-refractivity contribution in [1.29, 1.82) is 0 Å². The van der Waals surface area contributed by atoms with Crippen molar-refractivity contribution in [3.05, 3.63) is 17.8 Å². The van der Waals surface area contributed by atoms with Crippen LogP contribution in [0.3, 0.4) is 0 Å². The molecule has 106 valence electrons. The van der Waals surface area contributed by atoms with Gasteiger partial charge in [-0.2, -0.15) is 0 Å². The number of aromatic nitrogens is 1. The Morgan fingerprint density at radius 1 is 1.47 bits per heavy atom. The predicted molar refractivity (Wildman–Crippen MR) is 79.0 cm³/mol. The lowest BCUT2D eigenvalue weighted by atomic mass is 9.99. The second-order valence-electron chi connectivity index (χ2n) is 4.83. The zero-order valence-corrected chi connectivity index (χ0v) is 11.8. The summed E-state index contributed by atoms with van der Waals surface area (Å²) in [7, 11) is 0. The molecule has 0 radical (unpaired) electrons. The van der Waals surface area contributed by atoms with Crippen molar-refractivity contribution in [2.45, 2.75) is 39.5 Å². The topological polar surface area (TPSA) is 94.0 Å². The minimum absolute atomic E-state index is 0.352. The molecule has 1 amide bonds. The molecular formula is C14H24N4O. The van der Waals surface area contributed by atoms with Crippen molar-refractivity contribution in [2.24, 2.45) is 11.7 Å². The number of nitrogen functional groups attached to an aromatic ring is 1. The number of rotatable bonds is 8. The number of nitrogens with one attached hydrogen (secondary N) is 1. The van der Waals surface area contributed by atoms with Gasteiger partial charge >= 0.3 is 0 Å². The van der Waals surface area contributed by atoms with Crippen molar-refractivity contribution < 1.29 is 4.79 Å². The number of primary amides is 1. The van der Waals surface area contributed by atoms with Crippen molar-refractivity contribution in [2.75, 3.05) is 17.6 Å². The van der Waals surface area contributed by atoms with Crippen LogP contribution in [-0.2, 0) is 0 Å². The summed E-state index contributed by atoms with van der Waals surface area (Å²) in [6.07, 6.45) is 6.23. The maximum atomic E-state index is 11.3. The predicted octanol–water partition coefficient (Wildman–Crippen LogP) is 2.39. The molecule has 5 nitrogen and oxygen atoms in total. The van der Waals surface area contributed by atoms with E-state index in [1.54, 1.807) is 6.07 Å². The summed E-state index contributed by atoms with van der Waals surface area (Å²) in [5.41, 5.74) is 11.7. The third-order valence-electron chi connectivity index (χ3n) is 3.28. The standard InChI is InChI=1S/C14H24N4O/c1-3-5-6-10(4-2)8-17-14-12(13(16)19)7-11(15)9-18-14/h7,9-10H,3-6,8,15H2,1-2H3,(H2,16,19)(H,17,18). The molecule has 0 spiro atoms. The zero-order chi connectivity index (χ0) is 14.3. The summed E-state index contributed by atoms with van der Waals surface area (Å²) in [5.74, 6) is 0.598. The summed E-state index contributed by atoms with van der Waals surface area (Å²) in [6.45, 7) is 5.16. The molecule has 0 saturated heterocycles. The molecule has 0 aliphatic carbocycles. The number of hydrogen-bond donors (Lipinski definition) is 3.